The van der Waals surface area contributed by atoms with Crippen molar-refractivity contribution >= 4 is 40.4 Å². The number of benzene rings is 2. The highest BCUT2D eigenvalue weighted by molar-refractivity contribution is 6.07. The molecule has 46 heavy (non-hydrogen) atoms. The van der Waals surface area contributed by atoms with Gasteiger partial charge in [-0.05, 0) is 84.7 Å². The number of anilines is 1. The summed E-state index contributed by atoms with van der Waals surface area (Å²) in [5.41, 5.74) is 6.95. The van der Waals surface area contributed by atoms with E-state index in [0.717, 1.165) is 69.4 Å². The topological polar surface area (TPSA) is 129 Å². The van der Waals surface area contributed by atoms with E-state index < -0.39 is 11.5 Å². The van der Waals surface area contributed by atoms with Crippen molar-refractivity contribution in [1.82, 2.24) is 25.4 Å². The number of aromatic amines is 1. The first-order valence-corrected chi connectivity index (χ1v) is 16.0. The number of hydrogen-bond donors (Lipinski definition) is 3. The van der Waals surface area contributed by atoms with Crippen LogP contribution in [0.4, 0.5) is 5.69 Å². The van der Waals surface area contributed by atoms with Gasteiger partial charge in [-0.25, -0.2) is 0 Å². The Labute approximate surface area is 267 Å². The van der Waals surface area contributed by atoms with Crippen LogP contribution in [0.1, 0.15) is 63.1 Å². The Bertz CT molecular complexity index is 1880. The number of carbonyl (C=O) groups excluding carboxylic acids is 3. The lowest BCUT2D eigenvalue weighted by Gasteiger charge is -2.25. The third-order valence-electron chi connectivity index (χ3n) is 9.56. The number of nitrogens with zero attached hydrogens (tertiary/aromatic N) is 3. The largest absolute Gasteiger partial charge is 0.377 e. The quantitative estimate of drug-likeness (QED) is 0.308. The summed E-state index contributed by atoms with van der Waals surface area (Å²) in [4.78, 5) is 47.4. The standard InChI is InChI=1S/C36H38N6O4/c1-22-13-24(14-26-21-38-41-32(22)26)16-30-34(44)42(2)10-4-3-5-11-46-12-6-7-23-8-9-29-28(15-23)36(35(45)40-29)18-25-17-27(33(43)39-30)20-37-31(25)19-36/h6-9,13-15,17,20-21,30H,3-5,10-12,16,18-19H2,1-2H3,(H,38,41)(H,39,43)(H,40,45)/b7-6+/t30-,36+/m1/s1. The summed E-state index contributed by atoms with van der Waals surface area (Å²) >= 11 is 0. The predicted molar refractivity (Wildman–Crippen MR) is 176 cm³/mol. The molecular weight excluding hydrogens is 580 g/mol. The summed E-state index contributed by atoms with van der Waals surface area (Å²) in [5, 5.41) is 14.2. The maximum atomic E-state index is 13.8. The fourth-order valence-electron chi connectivity index (χ4n) is 7.08. The number of pyridine rings is 1. The lowest BCUT2D eigenvalue weighted by Crippen LogP contribution is -2.48. The molecule has 1 aliphatic carbocycles. The van der Waals surface area contributed by atoms with Crippen LogP contribution in [0.5, 0.6) is 0 Å². The van der Waals surface area contributed by atoms with E-state index in [2.05, 4.69) is 31.9 Å². The van der Waals surface area contributed by atoms with Crippen LogP contribution in [0.3, 0.4) is 0 Å². The second kappa shape index (κ2) is 12.2. The lowest BCUT2D eigenvalue weighted by atomic mass is 9.78. The zero-order valence-corrected chi connectivity index (χ0v) is 26.2. The number of fused-ring (bicyclic) bond motifs is 3. The molecule has 5 bridgehead atoms. The van der Waals surface area contributed by atoms with Gasteiger partial charge in [0.2, 0.25) is 11.8 Å². The van der Waals surface area contributed by atoms with Crippen molar-refractivity contribution in [2.24, 2.45) is 0 Å². The van der Waals surface area contributed by atoms with Crippen molar-refractivity contribution in [3.8, 4) is 0 Å². The van der Waals surface area contributed by atoms with Crippen LogP contribution in [-0.4, -0.2) is 70.7 Å². The molecule has 1 spiro atoms. The average Bonchev–Trinajstić information content (AvgIpc) is 3.75. The third-order valence-corrected chi connectivity index (χ3v) is 9.56. The normalized spacial score (nSPS) is 22.8. The van der Waals surface area contributed by atoms with Gasteiger partial charge in [0.05, 0.1) is 29.3 Å². The van der Waals surface area contributed by atoms with Crippen LogP contribution in [-0.2, 0) is 39.0 Å². The Morgan fingerprint density at radius 3 is 2.83 bits per heavy atom. The number of aryl methyl sites for hydroxylation is 1. The number of nitrogens with one attached hydrogen (secondary N) is 3. The Morgan fingerprint density at radius 2 is 1.93 bits per heavy atom. The maximum Gasteiger partial charge on any atom is 0.253 e. The molecule has 10 nitrogen and oxygen atoms in total. The highest BCUT2D eigenvalue weighted by Crippen LogP contribution is 2.47. The van der Waals surface area contributed by atoms with Gasteiger partial charge in [-0.1, -0.05) is 24.3 Å². The van der Waals surface area contributed by atoms with Gasteiger partial charge in [0.1, 0.15) is 6.04 Å². The third kappa shape index (κ3) is 5.58. The van der Waals surface area contributed by atoms with Crippen molar-refractivity contribution in [3.63, 3.8) is 0 Å². The van der Waals surface area contributed by atoms with Crippen LogP contribution in [0.2, 0.25) is 0 Å². The molecule has 2 aliphatic heterocycles. The first-order chi connectivity index (χ1) is 22.3. The van der Waals surface area contributed by atoms with Gasteiger partial charge in [0, 0.05) is 56.0 Å². The number of ether oxygens (including phenoxy) is 1. The highest BCUT2D eigenvalue weighted by atomic mass is 16.5. The van der Waals surface area contributed by atoms with Gasteiger partial charge in [-0.15, -0.1) is 0 Å². The highest BCUT2D eigenvalue weighted by Gasteiger charge is 2.51. The Balaban J connectivity index is 1.20. The van der Waals surface area contributed by atoms with Gasteiger partial charge < -0.3 is 20.3 Å². The monoisotopic (exact) mass is 618 g/mol. The first kappa shape index (κ1) is 29.9. The van der Waals surface area contributed by atoms with E-state index >= 15 is 0 Å². The molecule has 2 aromatic carbocycles. The Morgan fingerprint density at radius 1 is 1.04 bits per heavy atom. The van der Waals surface area contributed by atoms with Crippen LogP contribution >= 0.6 is 0 Å². The maximum absolute atomic E-state index is 13.8. The summed E-state index contributed by atoms with van der Waals surface area (Å²) < 4.78 is 5.83. The lowest BCUT2D eigenvalue weighted by molar-refractivity contribution is -0.132. The molecule has 10 heteroatoms. The predicted octanol–water partition coefficient (Wildman–Crippen LogP) is 4.27. The van der Waals surface area contributed by atoms with E-state index in [9.17, 15) is 14.4 Å². The average molecular weight is 619 g/mol. The van der Waals surface area contributed by atoms with Crippen molar-refractivity contribution in [1.29, 1.82) is 0 Å². The summed E-state index contributed by atoms with van der Waals surface area (Å²) in [6, 6.07) is 11.1. The zero-order valence-electron chi connectivity index (χ0n) is 26.2. The molecule has 2 atom stereocenters. The molecule has 7 rings (SSSR count). The molecule has 0 saturated heterocycles. The van der Waals surface area contributed by atoms with Crippen molar-refractivity contribution in [2.45, 2.75) is 56.9 Å². The van der Waals surface area contributed by atoms with Gasteiger partial charge >= 0.3 is 0 Å². The molecule has 2 aromatic heterocycles. The van der Waals surface area contributed by atoms with Crippen molar-refractivity contribution in [3.05, 3.63) is 93.9 Å². The SMILES string of the molecule is Cc1cc(C[C@H]2NC(=O)c3cnc4c(c3)C[C@@]3(C4)C(=O)Nc4ccc(cc43)/C=C/COCCCCCN(C)C2=O)cc2cn[nH]c12. The van der Waals surface area contributed by atoms with Gasteiger partial charge in [-0.2, -0.15) is 5.10 Å². The number of H-pyrrole nitrogens is 1. The van der Waals surface area contributed by atoms with E-state index in [1.807, 2.05) is 49.4 Å². The minimum absolute atomic E-state index is 0.0518. The number of aromatic nitrogens is 3. The number of likely N-dealkylation sites (N-methyl/N-ethyl adjacent to an activating group) is 1. The molecular formula is C36H38N6O4. The molecule has 4 heterocycles. The minimum Gasteiger partial charge on any atom is -0.377 e. The van der Waals surface area contributed by atoms with E-state index in [-0.39, 0.29) is 17.7 Å². The van der Waals surface area contributed by atoms with E-state index in [4.69, 9.17) is 4.74 Å². The zero-order chi connectivity index (χ0) is 31.8. The minimum atomic E-state index is -0.778. The number of hydrogen-bond acceptors (Lipinski definition) is 6. The molecule has 3 aliphatic rings. The summed E-state index contributed by atoms with van der Waals surface area (Å²) in [6.45, 7) is 3.71. The Hall–Kier alpha value is -4.83. The summed E-state index contributed by atoms with van der Waals surface area (Å²) in [6.07, 6.45) is 11.2. The molecule has 236 valence electrons. The van der Waals surface area contributed by atoms with E-state index in [0.29, 0.717) is 44.6 Å². The van der Waals surface area contributed by atoms with Crippen LogP contribution < -0.4 is 10.6 Å². The molecule has 0 fully saturated rings. The summed E-state index contributed by atoms with van der Waals surface area (Å²) in [7, 11) is 1.79. The van der Waals surface area contributed by atoms with E-state index in [1.54, 1.807) is 24.3 Å². The second-order valence-electron chi connectivity index (χ2n) is 12.8. The van der Waals surface area contributed by atoms with Gasteiger partial charge in [-0.3, -0.25) is 24.5 Å². The van der Waals surface area contributed by atoms with Crippen molar-refractivity contribution < 1.29 is 19.1 Å². The number of carbonyl (C=O) groups is 3. The number of rotatable bonds is 2. The first-order valence-electron chi connectivity index (χ1n) is 16.0. The fourth-order valence-corrected chi connectivity index (χ4v) is 7.08. The summed E-state index contributed by atoms with van der Waals surface area (Å²) in [5.74, 6) is -0.568. The van der Waals surface area contributed by atoms with Crippen LogP contribution in [0, 0.1) is 6.92 Å². The van der Waals surface area contributed by atoms with Gasteiger partial charge in [0.15, 0.2) is 0 Å². The molecule has 3 N–H and O–H groups in total. The second-order valence-corrected chi connectivity index (χ2v) is 12.8. The van der Waals surface area contributed by atoms with Gasteiger partial charge in [0.25, 0.3) is 5.91 Å². The van der Waals surface area contributed by atoms with Crippen LogP contribution in [0.25, 0.3) is 17.0 Å². The number of amides is 3. The molecule has 0 radical (unpaired) electrons. The van der Waals surface area contributed by atoms with E-state index in [1.165, 1.54) is 0 Å². The molecule has 0 saturated carbocycles. The Kier molecular flexibility index (Phi) is 7.90. The van der Waals surface area contributed by atoms with Crippen molar-refractivity contribution in [2.75, 3.05) is 32.1 Å². The molecule has 0 unspecified atom stereocenters. The molecule has 4 aromatic rings. The van der Waals surface area contributed by atoms with Crippen LogP contribution in [0.15, 0.2) is 54.9 Å². The fraction of sp³-hybridized carbons (Fsp3) is 0.361. The molecule has 3 amide bonds. The smallest absolute Gasteiger partial charge is 0.253 e.